The van der Waals surface area contributed by atoms with Crippen LogP contribution in [-0.4, -0.2) is 42.6 Å². The van der Waals surface area contributed by atoms with Gasteiger partial charge in [-0.2, -0.15) is 0 Å². The maximum absolute atomic E-state index is 12.9. The molecule has 0 aliphatic carbocycles. The highest BCUT2D eigenvalue weighted by Gasteiger charge is 2.35. The van der Waals surface area contributed by atoms with Crippen molar-refractivity contribution >= 4 is 5.91 Å². The van der Waals surface area contributed by atoms with E-state index in [4.69, 9.17) is 10.5 Å². The summed E-state index contributed by atoms with van der Waals surface area (Å²) in [6.45, 7) is 8.03. The molecular weight excluding hydrogens is 264 g/mol. The molecule has 0 unspecified atom stereocenters. The Morgan fingerprint density at radius 3 is 2.90 bits per heavy atom. The van der Waals surface area contributed by atoms with Gasteiger partial charge >= 0.3 is 0 Å². The number of hydrogen-bond donors (Lipinski definition) is 1. The molecule has 2 rings (SSSR count). The van der Waals surface area contributed by atoms with Crippen LogP contribution in [0.4, 0.5) is 0 Å². The highest BCUT2D eigenvalue weighted by molar-refractivity contribution is 5.97. The average molecular weight is 286 g/mol. The molecule has 21 heavy (non-hydrogen) atoms. The van der Waals surface area contributed by atoms with Crippen LogP contribution < -0.4 is 5.73 Å². The SMILES string of the molecule is Cc1ccc(C(=O)N2CCOCC2(C)C)c(C#CCN)c1. The number of carbonyl (C=O) groups is 1. The molecule has 0 saturated carbocycles. The molecule has 112 valence electrons. The van der Waals surface area contributed by atoms with Gasteiger partial charge in [-0.15, -0.1) is 0 Å². The number of ether oxygens (including phenoxy) is 1. The van der Waals surface area contributed by atoms with E-state index >= 15 is 0 Å². The number of nitrogens with two attached hydrogens (primary N) is 1. The fraction of sp³-hybridized carbons (Fsp3) is 0.471. The molecule has 0 spiro atoms. The van der Waals surface area contributed by atoms with Crippen molar-refractivity contribution < 1.29 is 9.53 Å². The zero-order chi connectivity index (χ0) is 15.5. The number of nitrogens with zero attached hydrogens (tertiary/aromatic N) is 1. The fourth-order valence-electron chi connectivity index (χ4n) is 2.47. The van der Waals surface area contributed by atoms with Gasteiger partial charge in [0.15, 0.2) is 0 Å². The van der Waals surface area contributed by atoms with Gasteiger partial charge in [0.25, 0.3) is 5.91 Å². The summed E-state index contributed by atoms with van der Waals surface area (Å²) in [7, 11) is 0. The van der Waals surface area contributed by atoms with Gasteiger partial charge in [0, 0.05) is 12.1 Å². The van der Waals surface area contributed by atoms with E-state index in [0.717, 1.165) is 11.1 Å². The van der Waals surface area contributed by atoms with Crippen LogP contribution >= 0.6 is 0 Å². The first-order valence-electron chi connectivity index (χ1n) is 7.15. The van der Waals surface area contributed by atoms with E-state index in [0.29, 0.717) is 25.3 Å². The Bertz CT molecular complexity index is 597. The number of rotatable bonds is 1. The Labute approximate surface area is 126 Å². The minimum Gasteiger partial charge on any atom is -0.377 e. The van der Waals surface area contributed by atoms with Crippen LogP contribution in [0.2, 0.25) is 0 Å². The lowest BCUT2D eigenvalue weighted by molar-refractivity contribution is -0.0370. The summed E-state index contributed by atoms with van der Waals surface area (Å²) in [5, 5.41) is 0. The Balaban J connectivity index is 2.38. The molecule has 1 heterocycles. The number of hydrogen-bond acceptors (Lipinski definition) is 3. The van der Waals surface area contributed by atoms with Crippen LogP contribution in [0.15, 0.2) is 18.2 Å². The molecule has 1 aromatic carbocycles. The second kappa shape index (κ2) is 6.30. The normalized spacial score (nSPS) is 17.0. The van der Waals surface area contributed by atoms with Crippen LogP contribution in [0.5, 0.6) is 0 Å². The summed E-state index contributed by atoms with van der Waals surface area (Å²) in [6, 6.07) is 5.72. The van der Waals surface area contributed by atoms with E-state index in [1.165, 1.54) is 0 Å². The number of carbonyl (C=O) groups excluding carboxylic acids is 1. The van der Waals surface area contributed by atoms with E-state index in [1.807, 2.05) is 43.9 Å². The zero-order valence-corrected chi connectivity index (χ0v) is 12.9. The molecule has 0 bridgehead atoms. The predicted octanol–water partition coefficient (Wildman–Crippen LogP) is 1.56. The number of benzene rings is 1. The Kier molecular flexibility index (Phi) is 4.66. The lowest BCUT2D eigenvalue weighted by Gasteiger charge is -2.42. The average Bonchev–Trinajstić information content (AvgIpc) is 2.44. The van der Waals surface area contributed by atoms with Crippen molar-refractivity contribution in [2.75, 3.05) is 26.3 Å². The largest absolute Gasteiger partial charge is 0.377 e. The maximum atomic E-state index is 12.9. The first kappa shape index (κ1) is 15.6. The quantitative estimate of drug-likeness (QED) is 0.797. The molecule has 1 fully saturated rings. The van der Waals surface area contributed by atoms with E-state index in [2.05, 4.69) is 11.8 Å². The molecule has 0 aromatic heterocycles. The minimum absolute atomic E-state index is 0.00428. The summed E-state index contributed by atoms with van der Waals surface area (Å²) in [5.74, 6) is 5.84. The smallest absolute Gasteiger partial charge is 0.255 e. The summed E-state index contributed by atoms with van der Waals surface area (Å²) >= 11 is 0. The standard InChI is InChI=1S/C17H22N2O2/c1-13-6-7-15(14(11-13)5-4-8-18)16(20)19-9-10-21-12-17(19,2)3/h6-7,11H,8-10,12,18H2,1-3H3. The van der Waals surface area contributed by atoms with Gasteiger partial charge in [-0.3, -0.25) is 4.79 Å². The molecular formula is C17H22N2O2. The van der Waals surface area contributed by atoms with Crippen LogP contribution in [-0.2, 0) is 4.74 Å². The van der Waals surface area contributed by atoms with Gasteiger partial charge < -0.3 is 15.4 Å². The van der Waals surface area contributed by atoms with Crippen molar-refractivity contribution in [3.8, 4) is 11.8 Å². The Hall–Kier alpha value is -1.83. The topological polar surface area (TPSA) is 55.6 Å². The summed E-state index contributed by atoms with van der Waals surface area (Å²) in [4.78, 5) is 14.8. The molecule has 1 aliphatic rings. The van der Waals surface area contributed by atoms with Crippen molar-refractivity contribution in [2.24, 2.45) is 5.73 Å². The van der Waals surface area contributed by atoms with Crippen molar-refractivity contribution in [1.29, 1.82) is 0 Å². The van der Waals surface area contributed by atoms with Gasteiger partial charge in [-0.25, -0.2) is 0 Å². The molecule has 2 N–H and O–H groups in total. The number of morpholine rings is 1. The maximum Gasteiger partial charge on any atom is 0.255 e. The second-order valence-corrected chi connectivity index (χ2v) is 5.88. The zero-order valence-electron chi connectivity index (χ0n) is 12.9. The Morgan fingerprint density at radius 2 is 2.24 bits per heavy atom. The van der Waals surface area contributed by atoms with Crippen molar-refractivity contribution in [3.63, 3.8) is 0 Å². The summed E-state index contributed by atoms with van der Waals surface area (Å²) < 4.78 is 5.48. The third-order valence-electron chi connectivity index (χ3n) is 3.62. The first-order valence-corrected chi connectivity index (χ1v) is 7.15. The highest BCUT2D eigenvalue weighted by Crippen LogP contribution is 2.23. The molecule has 1 aromatic rings. The lowest BCUT2D eigenvalue weighted by Crippen LogP contribution is -2.55. The molecule has 0 atom stereocenters. The summed E-state index contributed by atoms with van der Waals surface area (Å²) in [5.41, 5.74) is 7.59. The number of amides is 1. The van der Waals surface area contributed by atoms with Crippen molar-refractivity contribution in [3.05, 3.63) is 34.9 Å². The molecule has 4 heteroatoms. The molecule has 4 nitrogen and oxygen atoms in total. The molecule has 0 radical (unpaired) electrons. The van der Waals surface area contributed by atoms with Gasteiger partial charge in [0.2, 0.25) is 0 Å². The van der Waals surface area contributed by atoms with E-state index in [-0.39, 0.29) is 18.0 Å². The van der Waals surface area contributed by atoms with Gasteiger partial charge in [0.1, 0.15) is 0 Å². The van der Waals surface area contributed by atoms with Crippen LogP contribution in [0.3, 0.4) is 0 Å². The Morgan fingerprint density at radius 1 is 1.48 bits per heavy atom. The van der Waals surface area contributed by atoms with Gasteiger partial charge in [-0.1, -0.05) is 17.9 Å². The third kappa shape index (κ3) is 3.44. The third-order valence-corrected chi connectivity index (χ3v) is 3.62. The fourth-order valence-corrected chi connectivity index (χ4v) is 2.47. The van der Waals surface area contributed by atoms with Crippen LogP contribution in [0.25, 0.3) is 0 Å². The van der Waals surface area contributed by atoms with Gasteiger partial charge in [-0.05, 0) is 38.5 Å². The molecule has 1 amide bonds. The second-order valence-electron chi connectivity index (χ2n) is 5.88. The summed E-state index contributed by atoms with van der Waals surface area (Å²) in [6.07, 6.45) is 0. The van der Waals surface area contributed by atoms with Crippen LogP contribution in [0, 0.1) is 18.8 Å². The van der Waals surface area contributed by atoms with Crippen molar-refractivity contribution in [1.82, 2.24) is 4.90 Å². The molecule has 1 aliphatic heterocycles. The van der Waals surface area contributed by atoms with E-state index in [1.54, 1.807) is 0 Å². The minimum atomic E-state index is -0.307. The lowest BCUT2D eigenvalue weighted by atomic mass is 9.98. The predicted molar refractivity (Wildman–Crippen MR) is 83.0 cm³/mol. The van der Waals surface area contributed by atoms with E-state index in [9.17, 15) is 4.79 Å². The van der Waals surface area contributed by atoms with E-state index < -0.39 is 0 Å². The number of aryl methyl sites for hydroxylation is 1. The first-order chi connectivity index (χ1) is 9.95. The monoisotopic (exact) mass is 286 g/mol. The van der Waals surface area contributed by atoms with Crippen LogP contribution in [0.1, 0.15) is 35.3 Å². The molecule has 1 saturated heterocycles. The van der Waals surface area contributed by atoms with Gasteiger partial charge in [0.05, 0.1) is 30.9 Å². The highest BCUT2D eigenvalue weighted by atomic mass is 16.5. The van der Waals surface area contributed by atoms with Crippen molar-refractivity contribution in [2.45, 2.75) is 26.3 Å².